The highest BCUT2D eigenvalue weighted by Gasteiger charge is 2.72. The number of nitriles is 1. The van der Waals surface area contributed by atoms with Crippen molar-refractivity contribution in [3.05, 3.63) is 35.9 Å². The molecule has 0 aliphatic heterocycles. The number of ketones is 1. The van der Waals surface area contributed by atoms with Crippen LogP contribution in [0.15, 0.2) is 30.3 Å². The van der Waals surface area contributed by atoms with Gasteiger partial charge in [-0.3, -0.25) is 9.59 Å². The summed E-state index contributed by atoms with van der Waals surface area (Å²) in [6.07, 6.45) is 2.19. The van der Waals surface area contributed by atoms with Crippen LogP contribution in [0.2, 0.25) is 0 Å². The van der Waals surface area contributed by atoms with Crippen molar-refractivity contribution < 1.29 is 9.59 Å². The summed E-state index contributed by atoms with van der Waals surface area (Å²) < 4.78 is 0. The smallest absolute Gasteiger partial charge is 0.230 e. The van der Waals surface area contributed by atoms with Gasteiger partial charge in [-0.15, -0.1) is 0 Å². The summed E-state index contributed by atoms with van der Waals surface area (Å²) >= 11 is 0. The second-order valence-electron chi connectivity index (χ2n) is 8.26. The number of fused-ring (bicyclic) bond motifs is 2. The number of rotatable bonds is 5. The summed E-state index contributed by atoms with van der Waals surface area (Å²) in [4.78, 5) is 28.1. The average molecular weight is 338 g/mol. The van der Waals surface area contributed by atoms with Crippen LogP contribution < -0.4 is 0 Å². The van der Waals surface area contributed by atoms with E-state index in [9.17, 15) is 9.59 Å². The minimum Gasteiger partial charge on any atom is -0.337 e. The molecule has 0 spiro atoms. The zero-order chi connectivity index (χ0) is 18.3. The number of Topliss-reactive ketones (excluding diaryl/α,β-unsaturated/α-hetero) is 1. The van der Waals surface area contributed by atoms with Crippen molar-refractivity contribution in [2.24, 2.45) is 16.2 Å². The van der Waals surface area contributed by atoms with Crippen molar-refractivity contribution in [2.45, 2.75) is 53.0 Å². The van der Waals surface area contributed by atoms with Gasteiger partial charge < -0.3 is 4.90 Å². The van der Waals surface area contributed by atoms with E-state index in [2.05, 4.69) is 19.9 Å². The molecular weight excluding hydrogens is 312 g/mol. The van der Waals surface area contributed by atoms with Crippen LogP contribution in [0.25, 0.3) is 0 Å². The molecule has 132 valence electrons. The number of benzene rings is 1. The number of carbonyl (C=O) groups excluding carboxylic acids is 2. The Kier molecular flexibility index (Phi) is 4.23. The minimum atomic E-state index is -0.622. The first-order valence-electron chi connectivity index (χ1n) is 9.02. The Balaban J connectivity index is 1.92. The fourth-order valence-electron chi connectivity index (χ4n) is 4.88. The van der Waals surface area contributed by atoms with Gasteiger partial charge in [-0.2, -0.15) is 5.26 Å². The second-order valence-corrected chi connectivity index (χ2v) is 8.26. The molecule has 2 unspecified atom stereocenters. The lowest BCUT2D eigenvalue weighted by molar-refractivity contribution is -0.148. The molecule has 25 heavy (non-hydrogen) atoms. The van der Waals surface area contributed by atoms with Gasteiger partial charge in [0.1, 0.15) is 5.78 Å². The molecule has 2 atom stereocenters. The van der Waals surface area contributed by atoms with Crippen LogP contribution in [0.3, 0.4) is 0 Å². The summed E-state index contributed by atoms with van der Waals surface area (Å²) in [5, 5.41) is 9.00. The van der Waals surface area contributed by atoms with E-state index in [1.165, 1.54) is 0 Å². The van der Waals surface area contributed by atoms with Crippen molar-refractivity contribution in [3.8, 4) is 6.07 Å². The van der Waals surface area contributed by atoms with Gasteiger partial charge in [-0.1, -0.05) is 51.1 Å². The molecule has 4 nitrogen and oxygen atoms in total. The second kappa shape index (κ2) is 5.98. The van der Waals surface area contributed by atoms with Gasteiger partial charge in [0.25, 0.3) is 0 Å². The molecule has 1 amide bonds. The molecule has 0 radical (unpaired) electrons. The zero-order valence-corrected chi connectivity index (χ0v) is 15.3. The lowest BCUT2D eigenvalue weighted by Gasteiger charge is -2.41. The molecule has 0 aromatic heterocycles. The Morgan fingerprint density at radius 1 is 1.20 bits per heavy atom. The van der Waals surface area contributed by atoms with Crippen LogP contribution in [0.1, 0.15) is 52.0 Å². The highest BCUT2D eigenvalue weighted by atomic mass is 16.2. The normalized spacial score (nSPS) is 29.4. The monoisotopic (exact) mass is 338 g/mol. The number of amides is 1. The van der Waals surface area contributed by atoms with Gasteiger partial charge >= 0.3 is 0 Å². The van der Waals surface area contributed by atoms with Crippen molar-refractivity contribution in [1.82, 2.24) is 4.90 Å². The number of nitrogens with zero attached hydrogens (tertiary/aromatic N) is 2. The van der Waals surface area contributed by atoms with Crippen LogP contribution in [-0.2, 0) is 16.1 Å². The Morgan fingerprint density at radius 2 is 1.88 bits per heavy atom. The number of hydrogen-bond acceptors (Lipinski definition) is 3. The fraction of sp³-hybridized carbons (Fsp3) is 0.571. The Hall–Kier alpha value is -2.15. The quantitative estimate of drug-likeness (QED) is 0.822. The van der Waals surface area contributed by atoms with Crippen LogP contribution in [0.4, 0.5) is 0 Å². The van der Waals surface area contributed by atoms with E-state index >= 15 is 0 Å². The van der Waals surface area contributed by atoms with Crippen molar-refractivity contribution in [2.75, 3.05) is 6.54 Å². The van der Waals surface area contributed by atoms with E-state index in [0.717, 1.165) is 18.4 Å². The van der Waals surface area contributed by atoms with Crippen LogP contribution in [-0.4, -0.2) is 23.1 Å². The Labute approximate surface area is 149 Å². The molecule has 0 N–H and O–H groups in total. The van der Waals surface area contributed by atoms with Crippen molar-refractivity contribution in [1.29, 1.82) is 5.26 Å². The van der Waals surface area contributed by atoms with Crippen LogP contribution in [0, 0.1) is 27.6 Å². The maximum absolute atomic E-state index is 13.6. The lowest BCUT2D eigenvalue weighted by Crippen LogP contribution is -2.48. The molecule has 3 rings (SSSR count). The first kappa shape index (κ1) is 17.7. The number of hydrogen-bond donors (Lipinski definition) is 0. The maximum Gasteiger partial charge on any atom is 0.230 e. The van der Waals surface area contributed by atoms with Gasteiger partial charge in [-0.05, 0) is 23.8 Å². The molecule has 2 bridgehead atoms. The Bertz CT molecular complexity index is 734. The fourth-order valence-corrected chi connectivity index (χ4v) is 4.88. The summed E-state index contributed by atoms with van der Waals surface area (Å²) in [7, 11) is 0. The van der Waals surface area contributed by atoms with Gasteiger partial charge in [0, 0.05) is 24.9 Å². The van der Waals surface area contributed by atoms with Crippen LogP contribution in [0.5, 0.6) is 0 Å². The summed E-state index contributed by atoms with van der Waals surface area (Å²) in [6.45, 7) is 7.08. The summed E-state index contributed by atoms with van der Waals surface area (Å²) in [5.41, 5.74) is -0.331. The third kappa shape index (κ3) is 2.40. The predicted molar refractivity (Wildman–Crippen MR) is 95.3 cm³/mol. The highest BCUT2D eigenvalue weighted by molar-refractivity contribution is 5.99. The molecule has 2 aliphatic carbocycles. The highest BCUT2D eigenvalue weighted by Crippen LogP contribution is 2.71. The van der Waals surface area contributed by atoms with E-state index in [1.807, 2.05) is 37.3 Å². The van der Waals surface area contributed by atoms with E-state index in [-0.39, 0.29) is 17.1 Å². The first-order chi connectivity index (χ1) is 11.8. The van der Waals surface area contributed by atoms with Crippen LogP contribution >= 0.6 is 0 Å². The summed E-state index contributed by atoms with van der Waals surface area (Å²) in [6, 6.07) is 12.0. The predicted octanol–water partition coefficient (Wildman–Crippen LogP) is 3.71. The van der Waals surface area contributed by atoms with E-state index in [4.69, 9.17) is 5.26 Å². The third-order valence-corrected chi connectivity index (χ3v) is 7.11. The largest absolute Gasteiger partial charge is 0.337 e. The molecule has 2 aliphatic rings. The standard InChI is InChI=1S/C21H26N2O2/c1-19(2)20(3)10-11-21(19,14-17(20)24)18(25)23(13-7-12-22)15-16-8-5-4-6-9-16/h4-6,8-9H,7,10-11,13-15H2,1-3H3. The topological polar surface area (TPSA) is 61.2 Å². The molecule has 2 saturated carbocycles. The lowest BCUT2D eigenvalue weighted by atomic mass is 9.64. The van der Waals surface area contributed by atoms with Gasteiger partial charge in [0.15, 0.2) is 0 Å². The first-order valence-corrected chi connectivity index (χ1v) is 9.02. The molecule has 1 aromatic carbocycles. The van der Waals surface area contributed by atoms with Crippen molar-refractivity contribution in [3.63, 3.8) is 0 Å². The molecular formula is C21H26N2O2. The molecule has 2 fully saturated rings. The van der Waals surface area contributed by atoms with E-state index in [0.29, 0.717) is 25.9 Å². The van der Waals surface area contributed by atoms with E-state index in [1.54, 1.807) is 4.90 Å². The van der Waals surface area contributed by atoms with Gasteiger partial charge in [-0.25, -0.2) is 0 Å². The number of carbonyl (C=O) groups is 2. The Morgan fingerprint density at radius 3 is 2.40 bits per heavy atom. The third-order valence-electron chi connectivity index (χ3n) is 7.11. The van der Waals surface area contributed by atoms with Gasteiger partial charge in [0.05, 0.1) is 17.9 Å². The zero-order valence-electron chi connectivity index (χ0n) is 15.3. The molecule has 4 heteroatoms. The van der Waals surface area contributed by atoms with E-state index < -0.39 is 10.8 Å². The molecule has 0 saturated heterocycles. The summed E-state index contributed by atoms with van der Waals surface area (Å²) in [5.74, 6) is 0.267. The molecule has 1 aromatic rings. The SMILES string of the molecule is CC12CCC(C(=O)N(CCC#N)Cc3ccccc3)(CC1=O)C2(C)C. The minimum absolute atomic E-state index is 0.0474. The average Bonchev–Trinajstić information content (AvgIpc) is 2.89. The van der Waals surface area contributed by atoms with Gasteiger partial charge in [0.2, 0.25) is 5.91 Å². The molecule has 0 heterocycles. The maximum atomic E-state index is 13.6. The van der Waals surface area contributed by atoms with Crippen molar-refractivity contribution >= 4 is 11.7 Å².